The van der Waals surface area contributed by atoms with Gasteiger partial charge in [-0.3, -0.25) is 4.99 Å². The van der Waals surface area contributed by atoms with Gasteiger partial charge in [0.2, 0.25) is 0 Å². The van der Waals surface area contributed by atoms with E-state index in [0.717, 1.165) is 6.54 Å². The van der Waals surface area contributed by atoms with Gasteiger partial charge in [-0.05, 0) is 19.7 Å². The van der Waals surface area contributed by atoms with E-state index in [1.165, 1.54) is 4.41 Å². The van der Waals surface area contributed by atoms with Crippen molar-refractivity contribution < 1.29 is 0 Å². The van der Waals surface area contributed by atoms with Crippen molar-refractivity contribution in [3.05, 3.63) is 0 Å². The molecule has 0 aliphatic carbocycles. The Morgan fingerprint density at radius 3 is 2.88 bits per heavy atom. The second kappa shape index (κ2) is 4.93. The summed E-state index contributed by atoms with van der Waals surface area (Å²) in [5, 5.41) is 0. The minimum atomic E-state index is 0.790. The minimum Gasteiger partial charge on any atom is -0.274 e. The summed E-state index contributed by atoms with van der Waals surface area (Å²) in [6, 6.07) is 0. The second-order valence-electron chi connectivity index (χ2n) is 1.18. The molecule has 0 unspecified atom stereocenters. The quantitative estimate of drug-likeness (QED) is 0.251. The van der Waals surface area contributed by atoms with Crippen molar-refractivity contribution in [1.82, 2.24) is 9.84 Å². The Bertz CT molecular complexity index is 73.7. The number of nitrogens with zero attached hydrogens (tertiary/aromatic N) is 2. The highest BCUT2D eigenvalue weighted by molar-refractivity contribution is 7.78. The normalized spacial score (nSPS) is 10.4. The third-order valence-corrected chi connectivity index (χ3v) is 0.906. The first-order chi connectivity index (χ1) is 3.81. The van der Waals surface area contributed by atoms with Crippen LogP contribution < -0.4 is 5.43 Å². The van der Waals surface area contributed by atoms with Crippen LogP contribution in [0.2, 0.25) is 0 Å². The van der Waals surface area contributed by atoms with Crippen LogP contribution in [-0.4, -0.2) is 24.3 Å². The monoisotopic (exact) mass is 133 g/mol. The average Bonchev–Trinajstić information content (AvgIpc) is 1.83. The molecule has 1 N–H and O–H groups in total. The Hall–Kier alpha value is -0.220. The van der Waals surface area contributed by atoms with E-state index in [2.05, 4.69) is 23.2 Å². The van der Waals surface area contributed by atoms with E-state index < -0.39 is 0 Å². The molecule has 0 spiro atoms. The molecule has 0 rings (SSSR count). The molecule has 0 radical (unpaired) electrons. The van der Waals surface area contributed by atoms with Crippen LogP contribution in [0.3, 0.4) is 0 Å². The summed E-state index contributed by atoms with van der Waals surface area (Å²) < 4.78 is 1.49. The SMILES string of the molecule is CCN=CN(S)NC. The zero-order chi connectivity index (χ0) is 6.41. The van der Waals surface area contributed by atoms with Crippen molar-refractivity contribution in [2.75, 3.05) is 13.6 Å². The molecular weight excluding hydrogens is 122 g/mol. The Balaban J connectivity index is 3.21. The topological polar surface area (TPSA) is 27.6 Å². The van der Waals surface area contributed by atoms with Gasteiger partial charge in [0.1, 0.15) is 6.34 Å². The fraction of sp³-hybridized carbons (Fsp3) is 0.750. The van der Waals surface area contributed by atoms with Crippen LogP contribution in [0.4, 0.5) is 0 Å². The molecule has 0 saturated carbocycles. The number of hydrogen-bond acceptors (Lipinski definition) is 3. The highest BCUT2D eigenvalue weighted by atomic mass is 32.1. The molecule has 0 fully saturated rings. The van der Waals surface area contributed by atoms with Crippen molar-refractivity contribution >= 4 is 19.2 Å². The lowest BCUT2D eigenvalue weighted by molar-refractivity contribution is 0.573. The van der Waals surface area contributed by atoms with Gasteiger partial charge in [-0.2, -0.15) is 0 Å². The van der Waals surface area contributed by atoms with E-state index in [4.69, 9.17) is 0 Å². The molecule has 0 aromatic heterocycles. The number of nitrogens with one attached hydrogen (secondary N) is 1. The maximum Gasteiger partial charge on any atom is 0.111 e. The van der Waals surface area contributed by atoms with Crippen molar-refractivity contribution in [3.8, 4) is 0 Å². The third-order valence-electron chi connectivity index (χ3n) is 0.603. The lowest BCUT2D eigenvalue weighted by Gasteiger charge is -2.06. The van der Waals surface area contributed by atoms with E-state index in [0.29, 0.717) is 0 Å². The molecular formula is C4H11N3S. The largest absolute Gasteiger partial charge is 0.274 e. The fourth-order valence-corrected chi connectivity index (χ4v) is 0.290. The van der Waals surface area contributed by atoms with E-state index in [-0.39, 0.29) is 0 Å². The van der Waals surface area contributed by atoms with Gasteiger partial charge < -0.3 is 0 Å². The minimum absolute atomic E-state index is 0.790. The van der Waals surface area contributed by atoms with Gasteiger partial charge in [0.25, 0.3) is 0 Å². The van der Waals surface area contributed by atoms with Crippen LogP contribution in [0.25, 0.3) is 0 Å². The molecule has 3 nitrogen and oxygen atoms in total. The van der Waals surface area contributed by atoms with Gasteiger partial charge in [0.15, 0.2) is 0 Å². The van der Waals surface area contributed by atoms with Crippen LogP contribution in [-0.2, 0) is 0 Å². The van der Waals surface area contributed by atoms with Gasteiger partial charge in [-0.15, -0.1) is 0 Å². The van der Waals surface area contributed by atoms with Crippen LogP contribution in [0, 0.1) is 0 Å². The first-order valence-corrected chi connectivity index (χ1v) is 2.86. The van der Waals surface area contributed by atoms with Crippen LogP contribution in [0.1, 0.15) is 6.92 Å². The van der Waals surface area contributed by atoms with Gasteiger partial charge >= 0.3 is 0 Å². The highest BCUT2D eigenvalue weighted by Crippen LogP contribution is 1.77. The van der Waals surface area contributed by atoms with Crippen molar-refractivity contribution in [1.29, 1.82) is 0 Å². The summed E-state index contributed by atoms with van der Waals surface area (Å²) in [6.07, 6.45) is 1.61. The number of aliphatic imine (C=N–C) groups is 1. The zero-order valence-corrected chi connectivity index (χ0v) is 6.02. The van der Waals surface area contributed by atoms with E-state index in [9.17, 15) is 0 Å². The standard InChI is InChI=1S/C4H11N3S/c1-3-6-4-7(8)5-2/h4-5,8H,3H2,1-2H3. The van der Waals surface area contributed by atoms with Crippen molar-refractivity contribution in [3.63, 3.8) is 0 Å². The molecule has 0 saturated heterocycles. The van der Waals surface area contributed by atoms with E-state index in [1.54, 1.807) is 13.4 Å². The van der Waals surface area contributed by atoms with Gasteiger partial charge in [-0.25, -0.2) is 9.84 Å². The number of hydrogen-bond donors (Lipinski definition) is 2. The third kappa shape index (κ3) is 3.95. The highest BCUT2D eigenvalue weighted by Gasteiger charge is 1.79. The maximum atomic E-state index is 3.94. The molecule has 0 aliphatic rings. The summed E-state index contributed by atoms with van der Waals surface area (Å²) >= 11 is 3.94. The lowest BCUT2D eigenvalue weighted by Crippen LogP contribution is -2.23. The van der Waals surface area contributed by atoms with Crippen LogP contribution >= 0.6 is 12.8 Å². The second-order valence-corrected chi connectivity index (χ2v) is 1.61. The Labute approximate surface area is 55.3 Å². The molecule has 0 aliphatic heterocycles. The maximum absolute atomic E-state index is 3.94. The predicted molar refractivity (Wildman–Crippen MR) is 38.9 cm³/mol. The molecule has 0 heterocycles. The average molecular weight is 133 g/mol. The smallest absolute Gasteiger partial charge is 0.111 e. The predicted octanol–water partition coefficient (Wildman–Crippen LogP) is 0.316. The molecule has 0 atom stereocenters. The van der Waals surface area contributed by atoms with Crippen LogP contribution in [0.15, 0.2) is 4.99 Å². The molecule has 0 amide bonds. The van der Waals surface area contributed by atoms with E-state index in [1.807, 2.05) is 6.92 Å². The molecule has 0 aromatic rings. The van der Waals surface area contributed by atoms with E-state index >= 15 is 0 Å². The molecule has 8 heavy (non-hydrogen) atoms. The Morgan fingerprint density at radius 2 is 2.50 bits per heavy atom. The van der Waals surface area contributed by atoms with Crippen LogP contribution in [0.5, 0.6) is 0 Å². The van der Waals surface area contributed by atoms with Crippen molar-refractivity contribution in [2.45, 2.75) is 6.92 Å². The molecule has 0 bridgehead atoms. The summed E-state index contributed by atoms with van der Waals surface area (Å²) in [7, 11) is 1.77. The lowest BCUT2D eigenvalue weighted by atomic mass is 10.8. The van der Waals surface area contributed by atoms with Gasteiger partial charge in [0.05, 0.1) is 0 Å². The summed E-state index contributed by atoms with van der Waals surface area (Å²) in [6.45, 7) is 2.76. The summed E-state index contributed by atoms with van der Waals surface area (Å²) in [5.74, 6) is 0. The Kier molecular flexibility index (Phi) is 4.79. The number of thiol groups is 1. The molecule has 48 valence electrons. The number of hydrazine groups is 1. The number of rotatable bonds is 3. The van der Waals surface area contributed by atoms with Gasteiger partial charge in [0, 0.05) is 13.6 Å². The first-order valence-electron chi connectivity index (χ1n) is 2.46. The summed E-state index contributed by atoms with van der Waals surface area (Å²) in [4.78, 5) is 3.90. The molecule has 4 heteroatoms. The van der Waals surface area contributed by atoms with Gasteiger partial charge in [-0.1, -0.05) is 0 Å². The fourth-order valence-electron chi connectivity index (χ4n) is 0.217. The first kappa shape index (κ1) is 7.78. The zero-order valence-electron chi connectivity index (χ0n) is 5.13. The molecule has 0 aromatic carbocycles. The van der Waals surface area contributed by atoms with Crippen molar-refractivity contribution in [2.24, 2.45) is 4.99 Å². The Morgan fingerprint density at radius 1 is 1.88 bits per heavy atom. The summed E-state index contributed by atoms with van der Waals surface area (Å²) in [5.41, 5.74) is 2.75.